The molecule has 1 heterocycles. The highest BCUT2D eigenvalue weighted by Gasteiger charge is 2.29. The summed E-state index contributed by atoms with van der Waals surface area (Å²) in [4.78, 5) is 23.6. The lowest BCUT2D eigenvalue weighted by Gasteiger charge is -2.15. The van der Waals surface area contributed by atoms with Gasteiger partial charge in [-0.15, -0.1) is 11.3 Å². The number of aliphatic hydroxyl groups excluding tert-OH is 2. The van der Waals surface area contributed by atoms with Crippen molar-refractivity contribution in [2.75, 3.05) is 13.6 Å². The molecule has 0 aliphatic heterocycles. The number of rotatable bonds is 6. The molecule has 4 N–H and O–H groups in total. The fourth-order valence-corrected chi connectivity index (χ4v) is 2.01. The average molecular weight is 272 g/mol. The van der Waals surface area contributed by atoms with E-state index in [-0.39, 0.29) is 0 Å². The molecule has 1 rings (SSSR count). The van der Waals surface area contributed by atoms with Crippen molar-refractivity contribution >= 4 is 23.2 Å². The molecule has 100 valence electrons. The van der Waals surface area contributed by atoms with Crippen molar-refractivity contribution in [2.45, 2.75) is 18.6 Å². The van der Waals surface area contributed by atoms with Crippen molar-refractivity contribution < 1.29 is 19.8 Å². The van der Waals surface area contributed by atoms with E-state index in [1.165, 1.54) is 7.05 Å². The normalized spacial score (nSPS) is 13.7. The first-order chi connectivity index (χ1) is 8.56. The van der Waals surface area contributed by atoms with Gasteiger partial charge in [-0.3, -0.25) is 9.59 Å². The molecule has 0 spiro atoms. The first kappa shape index (κ1) is 14.6. The molecule has 0 saturated carbocycles. The van der Waals surface area contributed by atoms with Crippen LogP contribution in [-0.2, 0) is 16.0 Å². The van der Waals surface area contributed by atoms with E-state index in [2.05, 4.69) is 10.6 Å². The standard InChI is InChI=1S/C11H16N2O4S/c1-12-10(16)8(14)9(15)11(17)13-5-4-7-3-2-6-18-7/h2-3,6,8-9,14-15H,4-5H2,1H3,(H,12,16)(H,13,17). The van der Waals surface area contributed by atoms with E-state index in [0.29, 0.717) is 13.0 Å². The predicted molar refractivity (Wildman–Crippen MR) is 67.1 cm³/mol. The molecule has 2 atom stereocenters. The topological polar surface area (TPSA) is 98.7 Å². The minimum atomic E-state index is -1.76. The van der Waals surface area contributed by atoms with Gasteiger partial charge in [0, 0.05) is 18.5 Å². The van der Waals surface area contributed by atoms with E-state index in [4.69, 9.17) is 0 Å². The van der Waals surface area contributed by atoms with Crippen LogP contribution in [0.3, 0.4) is 0 Å². The van der Waals surface area contributed by atoms with Gasteiger partial charge in [0.25, 0.3) is 11.8 Å². The van der Waals surface area contributed by atoms with Crippen molar-refractivity contribution in [1.82, 2.24) is 10.6 Å². The Bertz CT molecular complexity index is 394. The van der Waals surface area contributed by atoms with Gasteiger partial charge >= 0.3 is 0 Å². The quantitative estimate of drug-likeness (QED) is 0.527. The zero-order chi connectivity index (χ0) is 13.5. The van der Waals surface area contributed by atoms with Crippen LogP contribution >= 0.6 is 11.3 Å². The Morgan fingerprint density at radius 1 is 1.33 bits per heavy atom. The van der Waals surface area contributed by atoms with Crippen LogP contribution < -0.4 is 10.6 Å². The molecule has 0 bridgehead atoms. The van der Waals surface area contributed by atoms with Gasteiger partial charge in [0.1, 0.15) is 0 Å². The second-order valence-electron chi connectivity index (χ2n) is 3.62. The van der Waals surface area contributed by atoms with Crippen molar-refractivity contribution in [3.8, 4) is 0 Å². The first-order valence-corrected chi connectivity index (χ1v) is 6.32. The fraction of sp³-hybridized carbons (Fsp3) is 0.455. The van der Waals surface area contributed by atoms with Crippen LogP contribution in [0.2, 0.25) is 0 Å². The molecule has 0 radical (unpaired) electrons. The van der Waals surface area contributed by atoms with Gasteiger partial charge in [0.15, 0.2) is 12.2 Å². The van der Waals surface area contributed by atoms with Gasteiger partial charge in [-0.2, -0.15) is 0 Å². The van der Waals surface area contributed by atoms with Crippen LogP contribution in [0.4, 0.5) is 0 Å². The second kappa shape index (κ2) is 7.10. The minimum absolute atomic E-state index is 0.344. The largest absolute Gasteiger partial charge is 0.380 e. The Kier molecular flexibility index (Phi) is 5.76. The monoisotopic (exact) mass is 272 g/mol. The molecule has 0 aliphatic rings. The summed E-state index contributed by atoms with van der Waals surface area (Å²) in [7, 11) is 1.31. The average Bonchev–Trinajstić information content (AvgIpc) is 2.88. The van der Waals surface area contributed by atoms with Crippen molar-refractivity contribution in [2.24, 2.45) is 0 Å². The highest BCUT2D eigenvalue weighted by molar-refractivity contribution is 7.09. The lowest BCUT2D eigenvalue weighted by atomic mass is 10.2. The molecule has 7 heteroatoms. The van der Waals surface area contributed by atoms with Crippen LogP contribution in [0.5, 0.6) is 0 Å². The maximum atomic E-state index is 11.4. The lowest BCUT2D eigenvalue weighted by Crippen LogP contribution is -2.49. The molecule has 1 aromatic rings. The summed E-state index contributed by atoms with van der Waals surface area (Å²) in [6, 6.07) is 3.85. The third-order valence-electron chi connectivity index (χ3n) is 2.33. The summed E-state index contributed by atoms with van der Waals surface area (Å²) in [5.41, 5.74) is 0. The van der Waals surface area contributed by atoms with Crippen LogP contribution in [0.15, 0.2) is 17.5 Å². The van der Waals surface area contributed by atoms with E-state index in [1.54, 1.807) is 11.3 Å². The highest BCUT2D eigenvalue weighted by atomic mass is 32.1. The third-order valence-corrected chi connectivity index (χ3v) is 3.27. The van der Waals surface area contributed by atoms with Crippen molar-refractivity contribution in [3.63, 3.8) is 0 Å². The number of carbonyl (C=O) groups excluding carboxylic acids is 2. The molecule has 6 nitrogen and oxygen atoms in total. The Hall–Kier alpha value is -1.44. The zero-order valence-corrected chi connectivity index (χ0v) is 10.7. The van der Waals surface area contributed by atoms with Gasteiger partial charge in [-0.05, 0) is 17.9 Å². The fourth-order valence-electron chi connectivity index (χ4n) is 1.30. The van der Waals surface area contributed by atoms with Gasteiger partial charge in [0.05, 0.1) is 0 Å². The Morgan fingerprint density at radius 3 is 2.56 bits per heavy atom. The molecule has 0 saturated heterocycles. The number of amides is 2. The predicted octanol–water partition coefficient (Wildman–Crippen LogP) is -1.13. The molecule has 0 aromatic carbocycles. The molecule has 1 aromatic heterocycles. The SMILES string of the molecule is CNC(=O)C(O)C(O)C(=O)NCCc1cccs1. The number of carbonyl (C=O) groups is 2. The molecule has 0 aliphatic carbocycles. The van der Waals surface area contributed by atoms with E-state index in [0.717, 1.165) is 4.88 Å². The van der Waals surface area contributed by atoms with Gasteiger partial charge < -0.3 is 20.8 Å². The number of nitrogens with one attached hydrogen (secondary N) is 2. The third kappa shape index (κ3) is 4.10. The van der Waals surface area contributed by atoms with Crippen LogP contribution in [0, 0.1) is 0 Å². The Labute approximate surface area is 109 Å². The van der Waals surface area contributed by atoms with E-state index in [9.17, 15) is 19.8 Å². The smallest absolute Gasteiger partial charge is 0.252 e. The number of aliphatic hydroxyl groups is 2. The summed E-state index contributed by atoms with van der Waals surface area (Å²) < 4.78 is 0. The van der Waals surface area contributed by atoms with Crippen LogP contribution in [-0.4, -0.2) is 47.8 Å². The molecule has 18 heavy (non-hydrogen) atoms. The molecule has 2 amide bonds. The summed E-state index contributed by atoms with van der Waals surface area (Å²) in [5.74, 6) is -1.56. The second-order valence-corrected chi connectivity index (χ2v) is 4.66. The van der Waals surface area contributed by atoms with E-state index < -0.39 is 24.0 Å². The van der Waals surface area contributed by atoms with Gasteiger partial charge in [0.2, 0.25) is 0 Å². The highest BCUT2D eigenvalue weighted by Crippen LogP contribution is 2.08. The molecular formula is C11H16N2O4S. The summed E-state index contributed by atoms with van der Waals surface area (Å²) in [6.07, 6.45) is -2.86. The number of hydrogen-bond donors (Lipinski definition) is 4. The molecule has 0 fully saturated rings. The maximum Gasteiger partial charge on any atom is 0.252 e. The molecule has 2 unspecified atom stereocenters. The summed E-state index contributed by atoms with van der Waals surface area (Å²) >= 11 is 1.57. The van der Waals surface area contributed by atoms with Crippen molar-refractivity contribution in [1.29, 1.82) is 0 Å². The Balaban J connectivity index is 2.33. The number of likely N-dealkylation sites (N-methyl/N-ethyl adjacent to an activating group) is 1. The number of thiophene rings is 1. The Morgan fingerprint density at radius 2 is 2.00 bits per heavy atom. The summed E-state index contributed by atoms with van der Waals surface area (Å²) in [6.45, 7) is 0.344. The minimum Gasteiger partial charge on any atom is -0.380 e. The number of hydrogen-bond acceptors (Lipinski definition) is 5. The van der Waals surface area contributed by atoms with E-state index >= 15 is 0 Å². The lowest BCUT2D eigenvalue weighted by molar-refractivity contribution is -0.145. The van der Waals surface area contributed by atoms with Crippen molar-refractivity contribution in [3.05, 3.63) is 22.4 Å². The van der Waals surface area contributed by atoms with Crippen LogP contribution in [0.25, 0.3) is 0 Å². The molecular weight excluding hydrogens is 256 g/mol. The zero-order valence-electron chi connectivity index (χ0n) is 9.92. The summed E-state index contributed by atoms with van der Waals surface area (Å²) in [5, 5.41) is 25.3. The first-order valence-electron chi connectivity index (χ1n) is 5.44. The van der Waals surface area contributed by atoms with Gasteiger partial charge in [-0.25, -0.2) is 0 Å². The van der Waals surface area contributed by atoms with Crippen LogP contribution in [0.1, 0.15) is 4.88 Å². The van der Waals surface area contributed by atoms with Gasteiger partial charge in [-0.1, -0.05) is 6.07 Å². The van der Waals surface area contributed by atoms with E-state index in [1.807, 2.05) is 17.5 Å². The maximum absolute atomic E-state index is 11.4.